The molecule has 0 radical (unpaired) electrons. The second kappa shape index (κ2) is 11.2. The highest BCUT2D eigenvalue weighted by Crippen LogP contribution is 2.43. The molecule has 0 fully saturated rings. The quantitative estimate of drug-likeness (QED) is 0.277. The van der Waals surface area contributed by atoms with E-state index in [4.69, 9.17) is 9.84 Å². The smallest absolute Gasteiger partial charge is 0.389 e. The Morgan fingerprint density at radius 3 is 2.71 bits per heavy atom. The molecule has 0 saturated carbocycles. The molecule has 1 aliphatic carbocycles. The molecule has 2 aliphatic rings. The van der Waals surface area contributed by atoms with Crippen molar-refractivity contribution in [2.75, 3.05) is 23.9 Å². The SMILES string of the molecule is Cn1c(-n2nc3c(c2NC(=O)CS(C)(=O)=O)C(=O)N[C@@]2(CCCc4cc(OCCCC(F)(F)F)ccc42)C3)nc2ccccc21. The van der Waals surface area contributed by atoms with Gasteiger partial charge in [0.2, 0.25) is 11.9 Å². The number of sulfone groups is 1. The van der Waals surface area contributed by atoms with Gasteiger partial charge >= 0.3 is 6.18 Å². The molecule has 0 saturated heterocycles. The van der Waals surface area contributed by atoms with Gasteiger partial charge in [-0.1, -0.05) is 18.2 Å². The summed E-state index contributed by atoms with van der Waals surface area (Å²) in [7, 11) is -1.89. The maximum atomic E-state index is 13.9. The number of hydrogen-bond donors (Lipinski definition) is 2. The number of amides is 2. The Kier molecular flexibility index (Phi) is 7.62. The van der Waals surface area contributed by atoms with E-state index in [2.05, 4.69) is 15.6 Å². The van der Waals surface area contributed by atoms with E-state index < -0.39 is 45.5 Å². The van der Waals surface area contributed by atoms with E-state index in [0.717, 1.165) is 29.3 Å². The fourth-order valence-corrected chi connectivity index (χ4v) is 6.80. The first-order valence-corrected chi connectivity index (χ1v) is 16.5. The largest absolute Gasteiger partial charge is 0.494 e. The normalized spacial score (nSPS) is 18.0. The molecule has 2 amide bonds. The van der Waals surface area contributed by atoms with Crippen molar-refractivity contribution in [1.82, 2.24) is 24.6 Å². The Balaban J connectivity index is 1.37. The zero-order valence-electron chi connectivity index (χ0n) is 24.6. The number of aryl methyl sites for hydroxylation is 2. The third-order valence-corrected chi connectivity index (χ3v) is 8.91. The molecular formula is C30H31F3N6O5S. The van der Waals surface area contributed by atoms with Gasteiger partial charge in [0.15, 0.2) is 15.7 Å². The molecule has 1 aliphatic heterocycles. The zero-order chi connectivity index (χ0) is 32.1. The topological polar surface area (TPSA) is 137 Å². The Morgan fingerprint density at radius 1 is 1.20 bits per heavy atom. The minimum absolute atomic E-state index is 0.0167. The molecule has 6 rings (SSSR count). The van der Waals surface area contributed by atoms with Gasteiger partial charge in [-0.3, -0.25) is 9.59 Å². The molecule has 0 unspecified atom stereocenters. The standard InChI is InChI=1S/C30H31F3N6O5S/c1-38-23-9-4-3-8-21(23)34-28(38)39-26(35-24(40)17-45(2,42)43)25-22(37-39)16-29(36-27(25)41)12-5-7-18-15-19(10-11-20(18)29)44-14-6-13-30(31,32)33/h3-4,8-11,15H,5-7,12-14,16-17H2,1-2H3,(H,35,40)(H,36,41)/t29-/m0/s1. The summed E-state index contributed by atoms with van der Waals surface area (Å²) in [4.78, 5) is 31.4. The molecule has 2 N–H and O–H groups in total. The molecule has 15 heteroatoms. The molecule has 0 bridgehead atoms. The van der Waals surface area contributed by atoms with E-state index in [1.807, 2.05) is 30.3 Å². The highest BCUT2D eigenvalue weighted by Gasteiger charge is 2.45. The molecular weight excluding hydrogens is 613 g/mol. The van der Waals surface area contributed by atoms with Crippen molar-refractivity contribution in [3.63, 3.8) is 0 Å². The van der Waals surface area contributed by atoms with Crippen LogP contribution in [0, 0.1) is 0 Å². The molecule has 3 heterocycles. The number of halogens is 3. The van der Waals surface area contributed by atoms with Crippen molar-refractivity contribution in [3.05, 3.63) is 64.8 Å². The van der Waals surface area contributed by atoms with Crippen molar-refractivity contribution in [3.8, 4) is 11.7 Å². The molecule has 4 aromatic rings. The lowest BCUT2D eigenvalue weighted by molar-refractivity contribution is -0.136. The van der Waals surface area contributed by atoms with Gasteiger partial charge in [0.05, 0.1) is 28.9 Å². The van der Waals surface area contributed by atoms with E-state index in [1.165, 1.54) is 4.68 Å². The maximum absolute atomic E-state index is 13.9. The summed E-state index contributed by atoms with van der Waals surface area (Å²) >= 11 is 0. The van der Waals surface area contributed by atoms with E-state index in [9.17, 15) is 31.2 Å². The van der Waals surface area contributed by atoms with Crippen LogP contribution in [0.4, 0.5) is 19.0 Å². The highest BCUT2D eigenvalue weighted by molar-refractivity contribution is 7.91. The summed E-state index contributed by atoms with van der Waals surface area (Å²) in [6, 6.07) is 12.7. The number of ether oxygens (including phenoxy) is 1. The van der Waals surface area contributed by atoms with Crippen LogP contribution in [0.15, 0.2) is 42.5 Å². The van der Waals surface area contributed by atoms with Gasteiger partial charge in [-0.2, -0.15) is 23.0 Å². The number of imidazole rings is 1. The number of rotatable bonds is 8. The molecule has 1 atom stereocenters. The minimum atomic E-state index is -4.24. The maximum Gasteiger partial charge on any atom is 0.389 e. The lowest BCUT2D eigenvalue weighted by Crippen LogP contribution is -2.52. The van der Waals surface area contributed by atoms with Gasteiger partial charge in [0, 0.05) is 26.1 Å². The van der Waals surface area contributed by atoms with Crippen LogP contribution in [0.5, 0.6) is 5.75 Å². The van der Waals surface area contributed by atoms with Gasteiger partial charge < -0.3 is 19.9 Å². The molecule has 11 nitrogen and oxygen atoms in total. The predicted octanol–water partition coefficient (Wildman–Crippen LogP) is 3.98. The first kappa shape index (κ1) is 30.6. The average Bonchev–Trinajstić information content (AvgIpc) is 3.46. The summed E-state index contributed by atoms with van der Waals surface area (Å²) in [5.74, 6) is -1.30. The van der Waals surface area contributed by atoms with Crippen LogP contribution in [-0.4, -0.2) is 64.4 Å². The monoisotopic (exact) mass is 644 g/mol. The average molecular weight is 645 g/mol. The lowest BCUT2D eigenvalue weighted by Gasteiger charge is -2.42. The summed E-state index contributed by atoms with van der Waals surface area (Å²) in [6.45, 7) is -0.0724. The Bertz CT molecular complexity index is 1930. The molecule has 2 aromatic carbocycles. The van der Waals surface area contributed by atoms with Gasteiger partial charge in [-0.25, -0.2) is 13.4 Å². The Morgan fingerprint density at radius 2 is 1.98 bits per heavy atom. The van der Waals surface area contributed by atoms with Crippen molar-refractivity contribution in [2.24, 2.45) is 7.05 Å². The lowest BCUT2D eigenvalue weighted by atomic mass is 9.72. The van der Waals surface area contributed by atoms with Crippen LogP contribution in [0.3, 0.4) is 0 Å². The third kappa shape index (κ3) is 6.13. The number of benzene rings is 2. The third-order valence-electron chi connectivity index (χ3n) is 8.13. The number of carbonyl (C=O) groups is 2. The highest BCUT2D eigenvalue weighted by atomic mass is 32.2. The number of nitrogens with one attached hydrogen (secondary N) is 2. The molecule has 238 valence electrons. The van der Waals surface area contributed by atoms with Gasteiger partial charge in [0.1, 0.15) is 17.1 Å². The zero-order valence-corrected chi connectivity index (χ0v) is 25.4. The first-order valence-electron chi connectivity index (χ1n) is 14.4. The van der Waals surface area contributed by atoms with E-state index in [-0.39, 0.29) is 30.8 Å². The number of aromatic nitrogens is 4. The van der Waals surface area contributed by atoms with Crippen LogP contribution in [-0.2, 0) is 40.1 Å². The number of alkyl halides is 3. The summed E-state index contributed by atoms with van der Waals surface area (Å²) in [6.07, 6.45) is -2.07. The number of para-hydroxylation sites is 2. The fourth-order valence-electron chi connectivity index (χ4n) is 6.25. The predicted molar refractivity (Wildman–Crippen MR) is 159 cm³/mol. The summed E-state index contributed by atoms with van der Waals surface area (Å²) in [5, 5.41) is 10.5. The number of hydrogen-bond acceptors (Lipinski definition) is 7. The van der Waals surface area contributed by atoms with Gasteiger partial charge in [-0.05, 0) is 61.1 Å². The fraction of sp³-hybridized carbons (Fsp3) is 0.400. The summed E-state index contributed by atoms with van der Waals surface area (Å²) in [5.41, 5.74) is 2.91. The minimum Gasteiger partial charge on any atom is -0.494 e. The van der Waals surface area contributed by atoms with Crippen LogP contribution in [0.2, 0.25) is 0 Å². The molecule has 45 heavy (non-hydrogen) atoms. The van der Waals surface area contributed by atoms with Crippen LogP contribution in [0.25, 0.3) is 17.0 Å². The molecule has 2 aromatic heterocycles. The summed E-state index contributed by atoms with van der Waals surface area (Å²) < 4.78 is 70.0. The first-order chi connectivity index (χ1) is 21.2. The number of fused-ring (bicyclic) bond motifs is 4. The van der Waals surface area contributed by atoms with E-state index in [0.29, 0.717) is 35.8 Å². The number of anilines is 1. The van der Waals surface area contributed by atoms with E-state index >= 15 is 0 Å². The Hall–Kier alpha value is -4.40. The van der Waals surface area contributed by atoms with E-state index in [1.54, 1.807) is 23.7 Å². The Labute approximate surface area is 256 Å². The van der Waals surface area contributed by atoms with Crippen LogP contribution >= 0.6 is 0 Å². The van der Waals surface area contributed by atoms with Crippen LogP contribution in [0.1, 0.15) is 52.9 Å². The number of carbonyl (C=O) groups excluding carboxylic acids is 2. The molecule has 1 spiro atoms. The van der Waals surface area contributed by atoms with Crippen molar-refractivity contribution in [1.29, 1.82) is 0 Å². The second-order valence-electron chi connectivity index (χ2n) is 11.6. The van der Waals surface area contributed by atoms with Gasteiger partial charge in [-0.15, -0.1) is 0 Å². The van der Waals surface area contributed by atoms with Crippen molar-refractivity contribution >= 4 is 38.5 Å². The number of nitrogens with zero attached hydrogens (tertiary/aromatic N) is 4. The van der Waals surface area contributed by atoms with Crippen molar-refractivity contribution < 1.29 is 35.9 Å². The second-order valence-corrected chi connectivity index (χ2v) is 13.8. The van der Waals surface area contributed by atoms with Gasteiger partial charge in [0.25, 0.3) is 5.91 Å². The van der Waals surface area contributed by atoms with Crippen molar-refractivity contribution in [2.45, 2.75) is 50.2 Å². The van der Waals surface area contributed by atoms with Crippen LogP contribution < -0.4 is 15.4 Å².